The molecule has 3 aromatic rings. The number of alkyl halides is 2. The summed E-state index contributed by atoms with van der Waals surface area (Å²) in [7, 11) is 3.18. The second kappa shape index (κ2) is 10.6. The maximum Gasteiger partial charge on any atom is 0.305 e. The van der Waals surface area contributed by atoms with Crippen molar-refractivity contribution in [3.63, 3.8) is 0 Å². The number of benzene rings is 1. The molecule has 1 aliphatic heterocycles. The Morgan fingerprint density at radius 2 is 1.86 bits per heavy atom. The van der Waals surface area contributed by atoms with Crippen molar-refractivity contribution in [2.24, 2.45) is 13.0 Å². The number of pyridine rings is 1. The molecule has 1 aromatic carbocycles. The van der Waals surface area contributed by atoms with Gasteiger partial charge >= 0.3 is 5.97 Å². The van der Waals surface area contributed by atoms with Crippen LogP contribution in [0.2, 0.25) is 10.0 Å². The Balaban J connectivity index is 1.59. The number of nitrogens with zero attached hydrogens (tertiary/aromatic N) is 3. The number of methoxy groups -OCH3 is 1. The number of halogens is 4. The number of hydrogen-bond donors (Lipinski definition) is 0. The molecule has 1 aliphatic rings. The largest absolute Gasteiger partial charge is 0.469 e. The van der Waals surface area contributed by atoms with Crippen molar-refractivity contribution < 1.29 is 23.1 Å². The molecule has 1 fully saturated rings. The van der Waals surface area contributed by atoms with Crippen molar-refractivity contribution in [1.29, 1.82) is 0 Å². The summed E-state index contributed by atoms with van der Waals surface area (Å²) in [5.41, 5.74) is 2.86. The minimum absolute atomic E-state index is 0.0477. The molecule has 6 nitrogen and oxygen atoms in total. The summed E-state index contributed by atoms with van der Waals surface area (Å²) in [6.45, 7) is 3.67. The van der Waals surface area contributed by atoms with Crippen molar-refractivity contribution >= 4 is 46.0 Å². The summed E-state index contributed by atoms with van der Waals surface area (Å²) in [5.74, 6) is -3.32. The van der Waals surface area contributed by atoms with Crippen LogP contribution in [0.3, 0.4) is 0 Å². The number of amides is 1. The minimum Gasteiger partial charge on any atom is -0.469 e. The van der Waals surface area contributed by atoms with Crippen LogP contribution in [0, 0.1) is 12.8 Å². The molecule has 0 unspecified atom stereocenters. The number of ether oxygens (including phenoxy) is 1. The molecule has 4 rings (SSSR count). The van der Waals surface area contributed by atoms with Crippen molar-refractivity contribution in [1.82, 2.24) is 14.5 Å². The molecule has 198 valence electrons. The number of hydrogen-bond acceptors (Lipinski definition) is 4. The lowest BCUT2D eigenvalue weighted by molar-refractivity contribution is -0.142. The Morgan fingerprint density at radius 3 is 2.49 bits per heavy atom. The van der Waals surface area contributed by atoms with Crippen LogP contribution in [-0.4, -0.2) is 46.5 Å². The molecule has 0 bridgehead atoms. The van der Waals surface area contributed by atoms with E-state index in [4.69, 9.17) is 27.9 Å². The zero-order valence-corrected chi connectivity index (χ0v) is 22.7. The topological polar surface area (TPSA) is 64.4 Å². The summed E-state index contributed by atoms with van der Waals surface area (Å²) in [4.78, 5) is 30.8. The van der Waals surface area contributed by atoms with Gasteiger partial charge in [0.25, 0.3) is 11.8 Å². The van der Waals surface area contributed by atoms with Gasteiger partial charge in [-0.05, 0) is 55.0 Å². The quantitative estimate of drug-likeness (QED) is 0.337. The Morgan fingerprint density at radius 1 is 1.19 bits per heavy atom. The zero-order valence-electron chi connectivity index (χ0n) is 21.2. The van der Waals surface area contributed by atoms with Gasteiger partial charge in [0, 0.05) is 68.3 Å². The lowest BCUT2D eigenvalue weighted by atomic mass is 9.93. The lowest BCUT2D eigenvalue weighted by Gasteiger charge is -2.31. The molecule has 1 saturated heterocycles. The lowest BCUT2D eigenvalue weighted by Crippen LogP contribution is -2.39. The first-order valence-electron chi connectivity index (χ1n) is 12.1. The maximum atomic E-state index is 14.0. The Kier molecular flexibility index (Phi) is 7.81. The molecule has 1 amide bonds. The van der Waals surface area contributed by atoms with Gasteiger partial charge < -0.3 is 14.2 Å². The first-order valence-corrected chi connectivity index (χ1v) is 12.8. The van der Waals surface area contributed by atoms with Gasteiger partial charge in [0.2, 0.25) is 0 Å². The molecule has 10 heteroatoms. The zero-order chi connectivity index (χ0) is 27.1. The second-order valence-corrected chi connectivity index (χ2v) is 10.5. The predicted octanol–water partition coefficient (Wildman–Crippen LogP) is 6.31. The van der Waals surface area contributed by atoms with E-state index in [1.165, 1.54) is 25.4 Å². The Hall–Kier alpha value is -2.71. The van der Waals surface area contributed by atoms with Crippen LogP contribution < -0.4 is 0 Å². The molecular weight excluding hydrogens is 523 g/mol. The third kappa shape index (κ3) is 5.60. The molecule has 0 radical (unpaired) electrons. The average molecular weight is 552 g/mol. The number of aromatic nitrogens is 2. The van der Waals surface area contributed by atoms with Crippen LogP contribution in [0.5, 0.6) is 0 Å². The number of esters is 1. The van der Waals surface area contributed by atoms with Crippen LogP contribution >= 0.6 is 23.2 Å². The fourth-order valence-electron chi connectivity index (χ4n) is 4.89. The van der Waals surface area contributed by atoms with Crippen molar-refractivity contribution in [3.05, 3.63) is 62.5 Å². The number of aryl methyl sites for hydroxylation is 2. The van der Waals surface area contributed by atoms with Gasteiger partial charge in [-0.1, -0.05) is 23.2 Å². The number of likely N-dealkylation sites (tertiary alicyclic amines) is 1. The highest BCUT2D eigenvalue weighted by Gasteiger charge is 2.29. The van der Waals surface area contributed by atoms with Gasteiger partial charge in [-0.2, -0.15) is 0 Å². The summed E-state index contributed by atoms with van der Waals surface area (Å²) in [6.07, 6.45) is 3.43. The number of carbonyl (C=O) groups excluding carboxylic acids is 2. The molecule has 0 spiro atoms. The van der Waals surface area contributed by atoms with E-state index < -0.39 is 5.92 Å². The maximum absolute atomic E-state index is 14.0. The van der Waals surface area contributed by atoms with E-state index in [0.29, 0.717) is 54.9 Å². The van der Waals surface area contributed by atoms with Crippen molar-refractivity contribution in [2.75, 3.05) is 20.2 Å². The van der Waals surface area contributed by atoms with Gasteiger partial charge in [0.15, 0.2) is 0 Å². The Bertz CT molecular complexity index is 1360. The van der Waals surface area contributed by atoms with E-state index in [-0.39, 0.29) is 34.1 Å². The molecule has 0 N–H and O–H groups in total. The molecular formula is C27H29Cl2F2N3O3. The third-order valence-corrected chi connectivity index (χ3v) is 7.92. The molecule has 0 atom stereocenters. The summed E-state index contributed by atoms with van der Waals surface area (Å²) in [5, 5.41) is 1.36. The van der Waals surface area contributed by atoms with Crippen LogP contribution in [0.15, 0.2) is 24.4 Å². The predicted molar refractivity (Wildman–Crippen MR) is 140 cm³/mol. The van der Waals surface area contributed by atoms with Crippen molar-refractivity contribution in [3.8, 4) is 0 Å². The van der Waals surface area contributed by atoms with E-state index in [1.54, 1.807) is 11.8 Å². The summed E-state index contributed by atoms with van der Waals surface area (Å²) >= 11 is 13.2. The van der Waals surface area contributed by atoms with E-state index in [1.807, 2.05) is 17.7 Å². The van der Waals surface area contributed by atoms with Gasteiger partial charge in [-0.25, -0.2) is 13.8 Å². The fourth-order valence-corrected chi connectivity index (χ4v) is 5.45. The molecule has 37 heavy (non-hydrogen) atoms. The van der Waals surface area contributed by atoms with Gasteiger partial charge in [0.05, 0.1) is 17.2 Å². The highest BCUT2D eigenvalue weighted by Crippen LogP contribution is 2.35. The normalized spacial score (nSPS) is 14.9. The molecule has 2 aromatic heterocycles. The SMILES string of the molecule is COC(=O)CC1CCN(C(=O)c2ncc(Cl)c(Cc3cc4c(C)cc(C(C)(F)F)cc4n3C)c2Cl)CC1. The molecule has 3 heterocycles. The van der Waals surface area contributed by atoms with Gasteiger partial charge in [0.1, 0.15) is 5.69 Å². The number of fused-ring (bicyclic) bond motifs is 1. The molecule has 0 saturated carbocycles. The molecule has 0 aliphatic carbocycles. The van der Waals surface area contributed by atoms with Crippen molar-refractivity contribution in [2.45, 2.75) is 45.5 Å². The van der Waals surface area contributed by atoms with E-state index >= 15 is 0 Å². The van der Waals surface area contributed by atoms with Gasteiger partial charge in [-0.3, -0.25) is 9.59 Å². The third-order valence-electron chi connectivity index (χ3n) is 7.19. The van der Waals surface area contributed by atoms with E-state index in [0.717, 1.165) is 23.6 Å². The van der Waals surface area contributed by atoms with E-state index in [2.05, 4.69) is 4.98 Å². The van der Waals surface area contributed by atoms with Gasteiger partial charge in [-0.15, -0.1) is 0 Å². The number of carbonyl (C=O) groups is 2. The smallest absolute Gasteiger partial charge is 0.305 e. The first-order chi connectivity index (χ1) is 17.4. The average Bonchev–Trinajstić information content (AvgIpc) is 3.17. The van der Waals surface area contributed by atoms with Crippen LogP contribution in [-0.2, 0) is 28.9 Å². The number of rotatable bonds is 6. The highest BCUT2D eigenvalue weighted by molar-refractivity contribution is 6.37. The number of piperidine rings is 1. The second-order valence-electron chi connectivity index (χ2n) is 9.75. The first kappa shape index (κ1) is 27.3. The fraction of sp³-hybridized carbons (Fsp3) is 0.444. The summed E-state index contributed by atoms with van der Waals surface area (Å²) < 4.78 is 34.6. The van der Waals surface area contributed by atoms with Crippen LogP contribution in [0.1, 0.15) is 59.1 Å². The highest BCUT2D eigenvalue weighted by atomic mass is 35.5. The minimum atomic E-state index is -2.95. The summed E-state index contributed by atoms with van der Waals surface area (Å²) in [6, 6.07) is 4.94. The van der Waals surface area contributed by atoms with Crippen LogP contribution in [0.25, 0.3) is 10.9 Å². The Labute approximate surface area is 224 Å². The monoisotopic (exact) mass is 551 g/mol. The van der Waals surface area contributed by atoms with Crippen LogP contribution in [0.4, 0.5) is 8.78 Å². The standard InChI is InChI=1S/C27H29Cl2F2N3O3/c1-15-9-17(27(2,30)31)11-22-19(15)12-18(33(22)3)13-20-21(28)14-32-25(24(20)29)26(36)34-7-5-16(6-8-34)10-23(35)37-4/h9,11-12,14,16H,5-8,10,13H2,1-4H3. The van der Waals surface area contributed by atoms with E-state index in [9.17, 15) is 18.4 Å².